The topological polar surface area (TPSA) is 252 Å². The van der Waals surface area contributed by atoms with Crippen LogP contribution in [0, 0.1) is 0 Å². The molecule has 2 fully saturated rings. The second-order valence-corrected chi connectivity index (χ2v) is 11.7. The number of urea groups is 2. The highest BCUT2D eigenvalue weighted by Gasteiger charge is 2.66. The standard InChI is InChI=1S/C19H26N6O12S2/c1-8(26)11(20-17(32)23-4-5-24(18(23)33)39(3,35)36)13(28)21-19(22-34)15(31)25-12(14(29)30)10(6-37-9(2)27)7-38-16(19)25/h8,11,16,22,26,34H,4-7H2,1-3H3,(H,20,32)(H,21,28)(H,29,30)/t8-,11+,16-,19-/m0/s1. The summed E-state index contributed by atoms with van der Waals surface area (Å²) in [7, 11) is -3.96. The number of aliphatic carboxylic acids is 1. The summed E-state index contributed by atoms with van der Waals surface area (Å²) in [5.74, 6) is -4.58. The fraction of sp³-hybridized carbons (Fsp3) is 0.579. The van der Waals surface area contributed by atoms with Crippen molar-refractivity contribution in [3.8, 4) is 0 Å². The molecule has 39 heavy (non-hydrogen) atoms. The fourth-order valence-electron chi connectivity index (χ4n) is 4.07. The molecule has 0 bridgehead atoms. The molecule has 216 valence electrons. The summed E-state index contributed by atoms with van der Waals surface area (Å²) in [5.41, 5.74) is -1.01. The van der Waals surface area contributed by atoms with Crippen LogP contribution in [0.4, 0.5) is 9.59 Å². The number of hydroxylamine groups is 1. The molecule has 4 atom stereocenters. The van der Waals surface area contributed by atoms with E-state index in [1.165, 1.54) is 0 Å². The van der Waals surface area contributed by atoms with E-state index >= 15 is 0 Å². The van der Waals surface area contributed by atoms with Crippen molar-refractivity contribution in [3.63, 3.8) is 0 Å². The number of ether oxygens (including phenoxy) is 1. The Morgan fingerprint density at radius 2 is 1.87 bits per heavy atom. The molecular weight excluding hydrogens is 568 g/mol. The van der Waals surface area contributed by atoms with E-state index in [-0.39, 0.29) is 24.4 Å². The Balaban J connectivity index is 1.79. The molecular formula is C19H26N6O12S2. The Morgan fingerprint density at radius 3 is 2.36 bits per heavy atom. The summed E-state index contributed by atoms with van der Waals surface area (Å²) in [4.78, 5) is 75.4. The summed E-state index contributed by atoms with van der Waals surface area (Å²) in [6, 6.07) is -4.18. The van der Waals surface area contributed by atoms with Crippen LogP contribution < -0.4 is 16.1 Å². The van der Waals surface area contributed by atoms with Crippen molar-refractivity contribution in [3.05, 3.63) is 11.3 Å². The Hall–Kier alpha value is -3.46. The van der Waals surface area contributed by atoms with Gasteiger partial charge in [0.05, 0.1) is 25.4 Å². The Labute approximate surface area is 225 Å². The number of aliphatic hydroxyl groups is 1. The van der Waals surface area contributed by atoms with Gasteiger partial charge in [0.1, 0.15) is 23.7 Å². The first kappa shape index (κ1) is 30.1. The minimum atomic E-state index is -3.96. The largest absolute Gasteiger partial charge is 0.477 e. The minimum Gasteiger partial charge on any atom is -0.477 e. The number of nitrogens with one attached hydrogen (secondary N) is 3. The van der Waals surface area contributed by atoms with Gasteiger partial charge >= 0.3 is 24.0 Å². The van der Waals surface area contributed by atoms with Crippen molar-refractivity contribution >= 4 is 57.6 Å². The molecule has 6 amide bonds. The Bertz CT molecular complexity index is 1250. The average molecular weight is 595 g/mol. The number of β-lactam (4-membered cyclic amide) rings is 1. The first-order valence-corrected chi connectivity index (χ1v) is 14.0. The number of carbonyl (C=O) groups excluding carboxylic acids is 5. The molecule has 18 nitrogen and oxygen atoms in total. The van der Waals surface area contributed by atoms with Gasteiger partial charge in [-0.15, -0.1) is 11.8 Å². The molecule has 0 spiro atoms. The fourth-order valence-corrected chi connectivity index (χ4v) is 6.25. The van der Waals surface area contributed by atoms with Gasteiger partial charge in [-0.3, -0.25) is 19.3 Å². The maximum Gasteiger partial charge on any atom is 0.352 e. The smallest absolute Gasteiger partial charge is 0.352 e. The first-order chi connectivity index (χ1) is 18.1. The number of aliphatic hydroxyl groups excluding tert-OH is 1. The number of carbonyl (C=O) groups is 6. The predicted octanol–water partition coefficient (Wildman–Crippen LogP) is -3.25. The maximum atomic E-state index is 13.1. The van der Waals surface area contributed by atoms with E-state index in [0.29, 0.717) is 9.21 Å². The van der Waals surface area contributed by atoms with Gasteiger partial charge in [0, 0.05) is 18.2 Å². The Kier molecular flexibility index (Phi) is 8.46. The zero-order valence-corrected chi connectivity index (χ0v) is 22.4. The molecule has 0 aromatic heterocycles. The third-order valence-corrected chi connectivity index (χ3v) is 8.50. The van der Waals surface area contributed by atoms with Gasteiger partial charge in [-0.2, -0.15) is 5.48 Å². The number of hydrogen-bond donors (Lipinski definition) is 6. The number of sulfonamides is 1. The molecule has 6 N–H and O–H groups in total. The van der Waals surface area contributed by atoms with Crippen molar-refractivity contribution in [2.75, 3.05) is 31.7 Å². The number of carboxylic acid groups (broad SMARTS) is 1. The highest BCUT2D eigenvalue weighted by atomic mass is 32.2. The molecule has 3 aliphatic heterocycles. The predicted molar refractivity (Wildman–Crippen MR) is 128 cm³/mol. The molecule has 20 heteroatoms. The van der Waals surface area contributed by atoms with Crippen LogP contribution in [0.2, 0.25) is 0 Å². The van der Waals surface area contributed by atoms with Gasteiger partial charge in [0.2, 0.25) is 21.6 Å². The molecule has 3 rings (SSSR count). The highest BCUT2D eigenvalue weighted by molar-refractivity contribution is 8.00. The van der Waals surface area contributed by atoms with Crippen LogP contribution in [0.3, 0.4) is 0 Å². The van der Waals surface area contributed by atoms with E-state index in [9.17, 15) is 52.6 Å². The van der Waals surface area contributed by atoms with Gasteiger partial charge in [0.15, 0.2) is 0 Å². The van der Waals surface area contributed by atoms with Crippen LogP contribution in [-0.2, 0) is 33.9 Å². The van der Waals surface area contributed by atoms with Gasteiger partial charge in [-0.05, 0) is 6.92 Å². The van der Waals surface area contributed by atoms with Crippen molar-refractivity contribution in [2.45, 2.75) is 37.0 Å². The molecule has 3 heterocycles. The SMILES string of the molecule is CC(=O)OCC1=C(C(=O)O)N2C(=O)[C@@](NO)(NC(=O)[C@H](NC(=O)N3CCN(S(C)(=O)=O)C3=O)[C@H](C)O)[C@@H]2SC1. The van der Waals surface area contributed by atoms with Crippen LogP contribution in [0.15, 0.2) is 11.3 Å². The van der Waals surface area contributed by atoms with E-state index in [0.717, 1.165) is 36.8 Å². The lowest BCUT2D eigenvalue weighted by Gasteiger charge is -2.56. The molecule has 0 radical (unpaired) electrons. The first-order valence-electron chi connectivity index (χ1n) is 11.1. The van der Waals surface area contributed by atoms with Gasteiger partial charge < -0.3 is 30.8 Å². The zero-order valence-electron chi connectivity index (χ0n) is 20.7. The molecule has 0 aromatic carbocycles. The van der Waals surface area contributed by atoms with E-state index in [4.69, 9.17) is 4.74 Å². The van der Waals surface area contributed by atoms with Crippen LogP contribution in [0.25, 0.3) is 0 Å². The molecule has 0 unspecified atom stereocenters. The number of amides is 6. The highest BCUT2D eigenvalue weighted by Crippen LogP contribution is 2.45. The van der Waals surface area contributed by atoms with E-state index in [2.05, 4.69) is 10.6 Å². The van der Waals surface area contributed by atoms with Crippen LogP contribution in [-0.4, -0.2) is 129 Å². The average Bonchev–Trinajstić information content (AvgIpc) is 3.24. The number of esters is 1. The lowest BCUT2D eigenvalue weighted by Crippen LogP contribution is -2.85. The number of thioether (sulfide) groups is 1. The van der Waals surface area contributed by atoms with E-state index in [1.54, 1.807) is 5.48 Å². The van der Waals surface area contributed by atoms with Gasteiger partial charge in [-0.25, -0.2) is 32.0 Å². The van der Waals surface area contributed by atoms with Crippen LogP contribution in [0.1, 0.15) is 13.8 Å². The number of rotatable bonds is 9. The molecule has 0 aromatic rings. The summed E-state index contributed by atoms with van der Waals surface area (Å²) < 4.78 is 28.7. The van der Waals surface area contributed by atoms with Crippen LogP contribution >= 0.6 is 11.8 Å². The van der Waals surface area contributed by atoms with Crippen molar-refractivity contribution in [1.29, 1.82) is 0 Å². The number of hydrogen-bond acceptors (Lipinski definition) is 13. The zero-order chi connectivity index (χ0) is 29.4. The number of imide groups is 1. The second kappa shape index (κ2) is 11.0. The minimum absolute atomic E-state index is 0.0624. The monoisotopic (exact) mass is 594 g/mol. The normalized spacial score (nSPS) is 24.5. The van der Waals surface area contributed by atoms with Crippen molar-refractivity contribution < 1.29 is 57.3 Å². The Morgan fingerprint density at radius 1 is 1.23 bits per heavy atom. The van der Waals surface area contributed by atoms with Crippen molar-refractivity contribution in [2.24, 2.45) is 0 Å². The van der Waals surface area contributed by atoms with Crippen LogP contribution in [0.5, 0.6) is 0 Å². The lowest BCUT2D eigenvalue weighted by molar-refractivity contribution is -0.171. The van der Waals surface area contributed by atoms with E-state index < -0.39 is 81.3 Å². The number of carboxylic acids is 1. The molecule has 0 saturated carbocycles. The second-order valence-electron chi connectivity index (χ2n) is 8.72. The van der Waals surface area contributed by atoms with E-state index in [1.807, 2.05) is 0 Å². The summed E-state index contributed by atoms with van der Waals surface area (Å²) >= 11 is 0.919. The number of nitrogens with zero attached hydrogens (tertiary/aromatic N) is 3. The lowest BCUT2D eigenvalue weighted by atomic mass is 9.95. The summed E-state index contributed by atoms with van der Waals surface area (Å²) in [5, 5.41) is 32.7. The van der Waals surface area contributed by atoms with Gasteiger partial charge in [-0.1, -0.05) is 0 Å². The number of fused-ring (bicyclic) bond motifs is 1. The molecule has 3 aliphatic rings. The molecule has 0 aliphatic carbocycles. The third-order valence-electron chi connectivity index (χ3n) is 5.96. The molecule has 2 saturated heterocycles. The van der Waals surface area contributed by atoms with Gasteiger partial charge in [0.25, 0.3) is 5.91 Å². The summed E-state index contributed by atoms with van der Waals surface area (Å²) in [6.07, 6.45) is -0.838. The summed E-state index contributed by atoms with van der Waals surface area (Å²) in [6.45, 7) is 1.16. The maximum absolute atomic E-state index is 13.1. The quantitative estimate of drug-likeness (QED) is 0.0664. The third kappa shape index (κ3) is 5.50. The van der Waals surface area contributed by atoms with Crippen molar-refractivity contribution in [1.82, 2.24) is 30.2 Å².